The molecule has 1 amide bonds. The van der Waals surface area contributed by atoms with Crippen molar-refractivity contribution in [3.63, 3.8) is 0 Å². The van der Waals surface area contributed by atoms with Crippen LogP contribution < -0.4 is 10.6 Å². The number of piperazine rings is 1. The third-order valence-corrected chi connectivity index (χ3v) is 5.27. The fourth-order valence-electron chi connectivity index (χ4n) is 3.88. The van der Waals surface area contributed by atoms with Crippen molar-refractivity contribution in [2.75, 3.05) is 30.3 Å². The number of halogens is 3. The predicted molar refractivity (Wildman–Crippen MR) is 114 cm³/mol. The van der Waals surface area contributed by atoms with Crippen molar-refractivity contribution in [1.82, 2.24) is 14.9 Å². The van der Waals surface area contributed by atoms with Crippen LogP contribution in [0.2, 0.25) is 0 Å². The highest BCUT2D eigenvalue weighted by atomic mass is 19.4. The SMILES string of the molecule is CC(C)C[C@H]1CN(c2cccc(C(=O)c3cccnc3N)n2)CCN1C(=O)CC(F)(F)F. The molecule has 1 fully saturated rings. The molecule has 0 aromatic carbocycles. The standard InChI is InChI=1S/C22H26F3N5O2/c1-14(2)11-15-13-29(9-10-30(15)19(31)12-22(23,24)25)18-7-3-6-17(28-18)20(32)16-5-4-8-27-21(16)26/h3-8,14-15H,9-13H2,1-2H3,(H2,26,27)/t15-/m0/s1. The van der Waals surface area contributed by atoms with Crippen LogP contribution >= 0.6 is 0 Å². The lowest BCUT2D eigenvalue weighted by atomic mass is 9.99. The Morgan fingerprint density at radius 1 is 1.19 bits per heavy atom. The molecule has 1 atom stereocenters. The van der Waals surface area contributed by atoms with E-state index in [1.165, 1.54) is 11.1 Å². The van der Waals surface area contributed by atoms with E-state index >= 15 is 0 Å². The fourth-order valence-corrected chi connectivity index (χ4v) is 3.88. The monoisotopic (exact) mass is 449 g/mol. The molecule has 0 unspecified atom stereocenters. The van der Waals surface area contributed by atoms with E-state index in [-0.39, 0.29) is 41.4 Å². The average Bonchev–Trinajstić information content (AvgIpc) is 2.72. The molecule has 10 heteroatoms. The minimum Gasteiger partial charge on any atom is -0.383 e. The van der Waals surface area contributed by atoms with Crippen molar-refractivity contribution >= 4 is 23.3 Å². The molecule has 0 aliphatic carbocycles. The molecule has 7 nitrogen and oxygen atoms in total. The third-order valence-electron chi connectivity index (χ3n) is 5.27. The Morgan fingerprint density at radius 3 is 2.59 bits per heavy atom. The number of aromatic nitrogens is 2. The number of nitrogens with two attached hydrogens (primary N) is 1. The van der Waals surface area contributed by atoms with Crippen LogP contribution in [0.1, 0.15) is 42.7 Å². The number of nitrogens with zero attached hydrogens (tertiary/aromatic N) is 4. The molecule has 0 saturated carbocycles. The number of nitrogen functional groups attached to an aromatic ring is 1. The van der Waals surface area contributed by atoms with Gasteiger partial charge in [0.05, 0.1) is 5.56 Å². The molecule has 1 saturated heterocycles. The van der Waals surface area contributed by atoms with Crippen LogP contribution in [0, 0.1) is 5.92 Å². The summed E-state index contributed by atoms with van der Waals surface area (Å²) in [5, 5.41) is 0. The summed E-state index contributed by atoms with van der Waals surface area (Å²) in [6, 6.07) is 7.81. The van der Waals surface area contributed by atoms with Gasteiger partial charge in [-0.25, -0.2) is 9.97 Å². The second-order valence-electron chi connectivity index (χ2n) is 8.25. The number of amides is 1. The van der Waals surface area contributed by atoms with Gasteiger partial charge in [0.2, 0.25) is 11.7 Å². The van der Waals surface area contributed by atoms with E-state index in [1.54, 1.807) is 30.3 Å². The number of rotatable bonds is 6. The number of ketones is 1. The third kappa shape index (κ3) is 5.74. The Hall–Kier alpha value is -3.17. The van der Waals surface area contributed by atoms with Gasteiger partial charge in [-0.1, -0.05) is 19.9 Å². The quantitative estimate of drug-likeness (QED) is 0.681. The Bertz CT molecular complexity index is 980. The van der Waals surface area contributed by atoms with Crippen LogP contribution in [0.5, 0.6) is 0 Å². The van der Waals surface area contributed by atoms with Crippen molar-refractivity contribution in [3.05, 3.63) is 47.8 Å². The van der Waals surface area contributed by atoms with Gasteiger partial charge >= 0.3 is 6.18 Å². The second kappa shape index (κ2) is 9.54. The predicted octanol–water partition coefficient (Wildman–Crippen LogP) is 3.31. The summed E-state index contributed by atoms with van der Waals surface area (Å²) in [7, 11) is 0. The van der Waals surface area contributed by atoms with Gasteiger partial charge in [0.25, 0.3) is 0 Å². The molecule has 2 aromatic heterocycles. The molecular weight excluding hydrogens is 423 g/mol. The second-order valence-corrected chi connectivity index (χ2v) is 8.25. The average molecular weight is 449 g/mol. The summed E-state index contributed by atoms with van der Waals surface area (Å²) in [6.45, 7) is 4.73. The number of carbonyl (C=O) groups excluding carboxylic acids is 2. The maximum absolute atomic E-state index is 12.8. The highest BCUT2D eigenvalue weighted by Crippen LogP contribution is 2.26. The first kappa shape index (κ1) is 23.5. The van der Waals surface area contributed by atoms with E-state index in [9.17, 15) is 22.8 Å². The Morgan fingerprint density at radius 2 is 1.94 bits per heavy atom. The minimum absolute atomic E-state index is 0.110. The highest BCUT2D eigenvalue weighted by molar-refractivity contribution is 6.10. The van der Waals surface area contributed by atoms with Gasteiger partial charge in [-0.05, 0) is 36.6 Å². The number of carbonyl (C=O) groups is 2. The van der Waals surface area contributed by atoms with Crippen LogP contribution in [0.3, 0.4) is 0 Å². The first-order valence-electron chi connectivity index (χ1n) is 10.4. The molecule has 3 heterocycles. The van der Waals surface area contributed by atoms with Crippen molar-refractivity contribution in [3.8, 4) is 0 Å². The van der Waals surface area contributed by atoms with Gasteiger partial charge in [-0.15, -0.1) is 0 Å². The van der Waals surface area contributed by atoms with Gasteiger partial charge in [-0.2, -0.15) is 13.2 Å². The zero-order chi connectivity index (χ0) is 23.5. The van der Waals surface area contributed by atoms with Gasteiger partial charge < -0.3 is 15.5 Å². The van der Waals surface area contributed by atoms with Gasteiger partial charge in [-0.3, -0.25) is 9.59 Å². The largest absolute Gasteiger partial charge is 0.397 e. The maximum Gasteiger partial charge on any atom is 0.397 e. The zero-order valence-electron chi connectivity index (χ0n) is 18.0. The fraction of sp³-hybridized carbons (Fsp3) is 0.455. The molecule has 0 radical (unpaired) electrons. The summed E-state index contributed by atoms with van der Waals surface area (Å²) in [6.07, 6.45) is -3.95. The molecule has 0 spiro atoms. The van der Waals surface area contributed by atoms with E-state index in [2.05, 4.69) is 9.97 Å². The van der Waals surface area contributed by atoms with Crippen molar-refractivity contribution < 1.29 is 22.8 Å². The lowest BCUT2D eigenvalue weighted by molar-refractivity contribution is -0.163. The van der Waals surface area contributed by atoms with Crippen LogP contribution in [-0.4, -0.2) is 58.4 Å². The van der Waals surface area contributed by atoms with E-state index in [0.29, 0.717) is 25.3 Å². The van der Waals surface area contributed by atoms with E-state index in [0.717, 1.165) is 0 Å². The minimum atomic E-state index is -4.54. The zero-order valence-corrected chi connectivity index (χ0v) is 18.0. The molecule has 2 N–H and O–H groups in total. The molecule has 2 aromatic rings. The lowest BCUT2D eigenvalue weighted by Crippen LogP contribution is -2.56. The number of alkyl halides is 3. The maximum atomic E-state index is 12.8. The smallest absolute Gasteiger partial charge is 0.383 e. The van der Waals surface area contributed by atoms with Gasteiger partial charge in [0.15, 0.2) is 0 Å². The van der Waals surface area contributed by atoms with E-state index in [1.807, 2.05) is 18.7 Å². The van der Waals surface area contributed by atoms with Crippen LogP contribution in [0.4, 0.5) is 24.8 Å². The summed E-state index contributed by atoms with van der Waals surface area (Å²) < 4.78 is 38.3. The Labute approximate surface area is 184 Å². The molecular formula is C22H26F3N5O2. The number of hydrogen-bond donors (Lipinski definition) is 1. The Balaban J connectivity index is 1.80. The van der Waals surface area contributed by atoms with Gasteiger partial charge in [0, 0.05) is 31.9 Å². The number of pyridine rings is 2. The molecule has 32 heavy (non-hydrogen) atoms. The highest BCUT2D eigenvalue weighted by Gasteiger charge is 2.38. The number of anilines is 2. The molecule has 3 rings (SSSR count). The summed E-state index contributed by atoms with van der Waals surface area (Å²) in [5.74, 6) is -0.453. The van der Waals surface area contributed by atoms with E-state index in [4.69, 9.17) is 5.73 Å². The summed E-state index contributed by atoms with van der Waals surface area (Å²) in [4.78, 5) is 36.7. The van der Waals surface area contributed by atoms with Crippen LogP contribution in [0.25, 0.3) is 0 Å². The van der Waals surface area contributed by atoms with Crippen molar-refractivity contribution in [2.45, 2.75) is 38.9 Å². The molecule has 1 aliphatic heterocycles. The molecule has 172 valence electrons. The lowest BCUT2D eigenvalue weighted by Gasteiger charge is -2.43. The van der Waals surface area contributed by atoms with Crippen molar-refractivity contribution in [1.29, 1.82) is 0 Å². The molecule has 0 bridgehead atoms. The van der Waals surface area contributed by atoms with Gasteiger partial charge in [0.1, 0.15) is 23.8 Å². The van der Waals surface area contributed by atoms with E-state index < -0.39 is 18.5 Å². The van der Waals surface area contributed by atoms with Crippen LogP contribution in [-0.2, 0) is 4.79 Å². The first-order valence-corrected chi connectivity index (χ1v) is 10.4. The normalized spacial score (nSPS) is 17.0. The summed E-state index contributed by atoms with van der Waals surface area (Å²) in [5.41, 5.74) is 6.24. The number of hydrogen-bond acceptors (Lipinski definition) is 6. The Kier molecular flexibility index (Phi) is 7.00. The topological polar surface area (TPSA) is 92.4 Å². The summed E-state index contributed by atoms with van der Waals surface area (Å²) >= 11 is 0. The first-order chi connectivity index (χ1) is 15.0. The van der Waals surface area contributed by atoms with Crippen LogP contribution in [0.15, 0.2) is 36.5 Å². The van der Waals surface area contributed by atoms with Crippen molar-refractivity contribution in [2.24, 2.45) is 5.92 Å². The molecule has 1 aliphatic rings.